The Hall–Kier alpha value is -3.08. The minimum atomic E-state index is -0.628. The monoisotopic (exact) mass is 294 g/mol. The van der Waals surface area contributed by atoms with E-state index in [4.69, 9.17) is 8.83 Å². The fourth-order valence-electron chi connectivity index (χ4n) is 2.88. The summed E-state index contributed by atoms with van der Waals surface area (Å²) in [5, 5.41) is 11.0. The SMILES string of the molecule is Cc1cc(O)cc2oc(=O)c3c4ccccc4oc(=O)c3c12. The highest BCUT2D eigenvalue weighted by atomic mass is 16.4. The summed E-state index contributed by atoms with van der Waals surface area (Å²) < 4.78 is 10.6. The molecule has 4 rings (SSSR count). The van der Waals surface area contributed by atoms with Crippen LogP contribution in [0.25, 0.3) is 32.7 Å². The van der Waals surface area contributed by atoms with Gasteiger partial charge in [0.05, 0.1) is 10.8 Å². The van der Waals surface area contributed by atoms with E-state index in [0.29, 0.717) is 21.9 Å². The first-order valence-electron chi connectivity index (χ1n) is 6.68. The van der Waals surface area contributed by atoms with Gasteiger partial charge in [-0.3, -0.25) is 0 Å². The van der Waals surface area contributed by atoms with E-state index in [0.717, 1.165) is 0 Å². The smallest absolute Gasteiger partial charge is 0.345 e. The average molecular weight is 294 g/mol. The summed E-state index contributed by atoms with van der Waals surface area (Å²) in [4.78, 5) is 24.7. The molecule has 5 heteroatoms. The Balaban J connectivity index is 2.46. The third-order valence-corrected chi connectivity index (χ3v) is 3.75. The zero-order chi connectivity index (χ0) is 15.4. The van der Waals surface area contributed by atoms with Crippen molar-refractivity contribution in [3.8, 4) is 5.75 Å². The summed E-state index contributed by atoms with van der Waals surface area (Å²) in [6, 6.07) is 9.65. The Bertz CT molecular complexity index is 1180. The summed E-state index contributed by atoms with van der Waals surface area (Å²) in [6.07, 6.45) is 0. The molecule has 0 atom stereocenters. The molecule has 0 spiro atoms. The zero-order valence-electron chi connectivity index (χ0n) is 11.5. The molecule has 0 fully saturated rings. The van der Waals surface area contributed by atoms with E-state index >= 15 is 0 Å². The number of phenolic OH excluding ortho intramolecular Hbond substituents is 1. The lowest BCUT2D eigenvalue weighted by atomic mass is 10.0. The van der Waals surface area contributed by atoms with E-state index in [2.05, 4.69) is 0 Å². The lowest BCUT2D eigenvalue weighted by Crippen LogP contribution is -2.09. The number of para-hydroxylation sites is 1. The van der Waals surface area contributed by atoms with Crippen molar-refractivity contribution < 1.29 is 13.9 Å². The summed E-state index contributed by atoms with van der Waals surface area (Å²) in [7, 11) is 0. The van der Waals surface area contributed by atoms with Gasteiger partial charge in [0.2, 0.25) is 0 Å². The minimum Gasteiger partial charge on any atom is -0.508 e. The highest BCUT2D eigenvalue weighted by Gasteiger charge is 2.17. The van der Waals surface area contributed by atoms with Crippen LogP contribution in [0.4, 0.5) is 0 Å². The molecule has 0 saturated heterocycles. The third kappa shape index (κ3) is 1.59. The molecule has 4 aromatic rings. The van der Waals surface area contributed by atoms with E-state index in [1.165, 1.54) is 12.1 Å². The maximum atomic E-state index is 12.4. The van der Waals surface area contributed by atoms with Gasteiger partial charge < -0.3 is 13.9 Å². The number of fused-ring (bicyclic) bond motifs is 5. The summed E-state index contributed by atoms with van der Waals surface area (Å²) in [6.45, 7) is 1.73. The van der Waals surface area contributed by atoms with Crippen LogP contribution in [-0.2, 0) is 0 Å². The van der Waals surface area contributed by atoms with Crippen LogP contribution in [0.2, 0.25) is 0 Å². The predicted molar refractivity (Wildman–Crippen MR) is 82.4 cm³/mol. The van der Waals surface area contributed by atoms with Gasteiger partial charge >= 0.3 is 11.3 Å². The zero-order valence-corrected chi connectivity index (χ0v) is 11.5. The van der Waals surface area contributed by atoms with E-state index in [9.17, 15) is 14.7 Å². The van der Waals surface area contributed by atoms with Crippen LogP contribution in [0.15, 0.2) is 54.8 Å². The minimum absolute atomic E-state index is 0.0299. The summed E-state index contributed by atoms with van der Waals surface area (Å²) in [5.74, 6) is -0.0299. The third-order valence-electron chi connectivity index (χ3n) is 3.75. The first-order chi connectivity index (χ1) is 10.6. The van der Waals surface area contributed by atoms with Crippen molar-refractivity contribution in [3.05, 3.63) is 62.8 Å². The first kappa shape index (κ1) is 12.6. The molecular formula is C17H10O5. The van der Waals surface area contributed by atoms with Gasteiger partial charge in [-0.25, -0.2) is 9.59 Å². The van der Waals surface area contributed by atoms with Crippen LogP contribution in [0, 0.1) is 6.92 Å². The molecule has 0 aliphatic heterocycles. The molecule has 0 aliphatic rings. The molecule has 5 nitrogen and oxygen atoms in total. The molecule has 1 N–H and O–H groups in total. The van der Waals surface area contributed by atoms with Crippen LogP contribution in [-0.4, -0.2) is 5.11 Å². The Kier molecular flexibility index (Phi) is 2.42. The fourth-order valence-corrected chi connectivity index (χ4v) is 2.88. The Labute approximate surface area is 123 Å². The van der Waals surface area contributed by atoms with E-state index < -0.39 is 11.3 Å². The molecule has 0 aliphatic carbocycles. The number of hydrogen-bond donors (Lipinski definition) is 1. The van der Waals surface area contributed by atoms with Crippen molar-refractivity contribution in [1.29, 1.82) is 0 Å². The van der Waals surface area contributed by atoms with Crippen LogP contribution in [0.1, 0.15) is 5.56 Å². The number of aromatic hydroxyl groups is 1. The van der Waals surface area contributed by atoms with Gasteiger partial charge in [-0.2, -0.15) is 0 Å². The van der Waals surface area contributed by atoms with Gasteiger partial charge in [-0.15, -0.1) is 0 Å². The molecule has 2 aromatic heterocycles. The molecule has 0 radical (unpaired) electrons. The average Bonchev–Trinajstić information content (AvgIpc) is 2.46. The standard InChI is InChI=1S/C17H10O5/c1-8-6-9(18)7-12-13(8)15-14(16(19)22-12)10-4-2-3-5-11(10)21-17(15)20/h2-7,18H,1H3. The Morgan fingerprint density at radius 1 is 0.864 bits per heavy atom. The summed E-state index contributed by atoms with van der Waals surface area (Å²) >= 11 is 0. The number of phenols is 1. The van der Waals surface area contributed by atoms with Crippen molar-refractivity contribution in [2.45, 2.75) is 6.92 Å². The topological polar surface area (TPSA) is 80.7 Å². The summed E-state index contributed by atoms with van der Waals surface area (Å²) in [5.41, 5.74) is -0.0935. The van der Waals surface area contributed by atoms with Gasteiger partial charge in [0.15, 0.2) is 0 Å². The van der Waals surface area contributed by atoms with Crippen molar-refractivity contribution in [3.63, 3.8) is 0 Å². The molecule has 0 bridgehead atoms. The number of hydrogen-bond acceptors (Lipinski definition) is 5. The van der Waals surface area contributed by atoms with Crippen molar-refractivity contribution in [2.75, 3.05) is 0 Å². The lowest BCUT2D eigenvalue weighted by Gasteiger charge is -2.07. The van der Waals surface area contributed by atoms with Crippen molar-refractivity contribution in [1.82, 2.24) is 0 Å². The van der Waals surface area contributed by atoms with Crippen LogP contribution >= 0.6 is 0 Å². The van der Waals surface area contributed by atoms with E-state index in [1.54, 1.807) is 31.2 Å². The van der Waals surface area contributed by atoms with Crippen molar-refractivity contribution >= 4 is 32.7 Å². The van der Waals surface area contributed by atoms with Gasteiger partial charge in [0, 0.05) is 16.8 Å². The number of benzene rings is 2. The molecule has 22 heavy (non-hydrogen) atoms. The van der Waals surface area contributed by atoms with Crippen LogP contribution < -0.4 is 11.3 Å². The predicted octanol–water partition coefficient (Wildman–Crippen LogP) is 3.07. The van der Waals surface area contributed by atoms with E-state index in [-0.39, 0.29) is 22.1 Å². The quantitative estimate of drug-likeness (QED) is 0.398. The van der Waals surface area contributed by atoms with Crippen LogP contribution in [0.3, 0.4) is 0 Å². The normalized spacial score (nSPS) is 11.5. The largest absolute Gasteiger partial charge is 0.508 e. The Morgan fingerprint density at radius 3 is 2.36 bits per heavy atom. The molecule has 0 saturated carbocycles. The second-order valence-corrected chi connectivity index (χ2v) is 5.16. The van der Waals surface area contributed by atoms with Gasteiger partial charge in [0.1, 0.15) is 16.9 Å². The first-order valence-corrected chi connectivity index (χ1v) is 6.68. The lowest BCUT2D eigenvalue weighted by molar-refractivity contribution is 0.473. The maximum absolute atomic E-state index is 12.4. The van der Waals surface area contributed by atoms with E-state index in [1.807, 2.05) is 0 Å². The highest BCUT2D eigenvalue weighted by molar-refractivity contribution is 6.14. The molecule has 2 heterocycles. The fraction of sp³-hybridized carbons (Fsp3) is 0.0588. The molecule has 0 unspecified atom stereocenters. The molecular weight excluding hydrogens is 284 g/mol. The van der Waals surface area contributed by atoms with Crippen molar-refractivity contribution in [2.24, 2.45) is 0 Å². The van der Waals surface area contributed by atoms with Gasteiger partial charge in [-0.05, 0) is 24.6 Å². The maximum Gasteiger partial charge on any atom is 0.345 e. The van der Waals surface area contributed by atoms with Gasteiger partial charge in [0.25, 0.3) is 0 Å². The second-order valence-electron chi connectivity index (χ2n) is 5.16. The Morgan fingerprint density at radius 2 is 1.55 bits per heavy atom. The molecule has 108 valence electrons. The highest BCUT2D eigenvalue weighted by Crippen LogP contribution is 2.30. The molecule has 0 amide bonds. The van der Waals surface area contributed by atoms with Gasteiger partial charge in [-0.1, -0.05) is 18.2 Å². The van der Waals surface area contributed by atoms with Crippen LogP contribution in [0.5, 0.6) is 5.75 Å². The number of aryl methyl sites for hydroxylation is 1. The molecule has 2 aromatic carbocycles. The number of rotatable bonds is 0. The second kappa shape index (κ2) is 4.21.